The summed E-state index contributed by atoms with van der Waals surface area (Å²) in [5.41, 5.74) is 3.06. The van der Waals surface area contributed by atoms with Gasteiger partial charge in [0.1, 0.15) is 0 Å². The molecular weight excluding hydrogens is 306 g/mol. The highest BCUT2D eigenvalue weighted by atomic mass is 16.3. The predicted octanol–water partition coefficient (Wildman–Crippen LogP) is 0.873. The molecule has 1 fully saturated rings. The Morgan fingerprint density at radius 3 is 2.75 bits per heavy atom. The molecule has 3 rings (SSSR count). The van der Waals surface area contributed by atoms with Crippen LogP contribution >= 0.6 is 0 Å². The lowest BCUT2D eigenvalue weighted by atomic mass is 10.1. The molecule has 0 spiro atoms. The van der Waals surface area contributed by atoms with Gasteiger partial charge in [0.25, 0.3) is 5.91 Å². The Balaban J connectivity index is 1.87. The van der Waals surface area contributed by atoms with Gasteiger partial charge >= 0.3 is 0 Å². The molecule has 0 aromatic carbocycles. The molecule has 130 valence electrons. The maximum Gasteiger partial charge on any atom is 0.257 e. The number of carbonyl (C=O) groups excluding carboxylic acids is 1. The minimum atomic E-state index is -0.00180. The number of aryl methyl sites for hydroxylation is 2. The molecule has 1 saturated heterocycles. The molecule has 0 saturated carbocycles. The highest BCUT2D eigenvalue weighted by Gasteiger charge is 2.33. The van der Waals surface area contributed by atoms with Crippen molar-refractivity contribution in [3.8, 4) is 0 Å². The number of nitrogens with zero attached hydrogens (tertiary/aromatic N) is 5. The van der Waals surface area contributed by atoms with Gasteiger partial charge in [0.15, 0.2) is 5.65 Å². The molecule has 0 unspecified atom stereocenters. The average molecular weight is 331 g/mol. The van der Waals surface area contributed by atoms with Crippen LogP contribution in [0.3, 0.4) is 0 Å². The van der Waals surface area contributed by atoms with Crippen LogP contribution in [0, 0.1) is 13.8 Å². The van der Waals surface area contributed by atoms with Crippen molar-refractivity contribution in [3.05, 3.63) is 29.2 Å². The number of aliphatic hydroxyl groups is 1. The highest BCUT2D eigenvalue weighted by Crippen LogP contribution is 2.20. The summed E-state index contributed by atoms with van der Waals surface area (Å²) in [6, 6.07) is 2.22. The zero-order valence-corrected chi connectivity index (χ0v) is 14.7. The van der Waals surface area contributed by atoms with Gasteiger partial charge in [0.05, 0.1) is 23.6 Å². The fourth-order valence-corrected chi connectivity index (χ4v) is 3.45. The summed E-state index contributed by atoms with van der Waals surface area (Å²) < 4.78 is 1.73. The monoisotopic (exact) mass is 331 g/mol. The Kier molecular flexibility index (Phi) is 4.56. The summed E-state index contributed by atoms with van der Waals surface area (Å²) >= 11 is 0. The van der Waals surface area contributed by atoms with Crippen molar-refractivity contribution in [1.29, 1.82) is 0 Å². The van der Waals surface area contributed by atoms with Crippen molar-refractivity contribution in [2.24, 2.45) is 0 Å². The van der Waals surface area contributed by atoms with Crippen molar-refractivity contribution in [3.63, 3.8) is 0 Å². The van der Waals surface area contributed by atoms with Crippen molar-refractivity contribution < 1.29 is 9.90 Å². The molecular formula is C17H25N5O2. The molecule has 0 aliphatic carbocycles. The van der Waals surface area contributed by atoms with Crippen LogP contribution in [0.15, 0.2) is 12.3 Å². The van der Waals surface area contributed by atoms with Crippen molar-refractivity contribution >= 4 is 11.6 Å². The first kappa shape index (κ1) is 16.9. The third-order valence-electron chi connectivity index (χ3n) is 4.84. The Bertz CT molecular complexity index is 757. The first-order valence-electron chi connectivity index (χ1n) is 8.40. The smallest absolute Gasteiger partial charge is 0.257 e. The lowest BCUT2D eigenvalue weighted by Gasteiger charge is -2.44. The minimum Gasteiger partial charge on any atom is -0.395 e. The van der Waals surface area contributed by atoms with Crippen LogP contribution in [0.1, 0.15) is 35.6 Å². The molecule has 7 heteroatoms. The van der Waals surface area contributed by atoms with E-state index in [1.165, 1.54) is 0 Å². The summed E-state index contributed by atoms with van der Waals surface area (Å²) in [7, 11) is 0. The number of carbonyl (C=O) groups is 1. The Labute approximate surface area is 141 Å². The molecule has 1 aliphatic heterocycles. The second kappa shape index (κ2) is 6.49. The zero-order valence-electron chi connectivity index (χ0n) is 14.7. The zero-order chi connectivity index (χ0) is 17.4. The largest absolute Gasteiger partial charge is 0.395 e. The maximum absolute atomic E-state index is 13.1. The molecule has 2 aromatic rings. The van der Waals surface area contributed by atoms with E-state index in [0.717, 1.165) is 23.6 Å². The number of amides is 1. The van der Waals surface area contributed by atoms with Crippen LogP contribution in [0.2, 0.25) is 0 Å². The van der Waals surface area contributed by atoms with E-state index in [2.05, 4.69) is 21.9 Å². The van der Waals surface area contributed by atoms with E-state index in [1.807, 2.05) is 31.7 Å². The van der Waals surface area contributed by atoms with E-state index in [0.29, 0.717) is 18.7 Å². The van der Waals surface area contributed by atoms with E-state index >= 15 is 0 Å². The van der Waals surface area contributed by atoms with Crippen LogP contribution in [-0.4, -0.2) is 73.7 Å². The van der Waals surface area contributed by atoms with Crippen LogP contribution in [-0.2, 0) is 0 Å². The minimum absolute atomic E-state index is 0.00180. The topological polar surface area (TPSA) is 74.0 Å². The second-order valence-electron chi connectivity index (χ2n) is 6.69. The number of β-amino-alcohol motifs (C(OH)–C–C–N with tert-alkyl or cyclic N) is 1. The summed E-state index contributed by atoms with van der Waals surface area (Å²) in [4.78, 5) is 21.6. The lowest BCUT2D eigenvalue weighted by molar-refractivity contribution is 0.0264. The number of rotatable bonds is 3. The number of hydrogen-bond donors (Lipinski definition) is 1. The molecule has 7 nitrogen and oxygen atoms in total. The van der Waals surface area contributed by atoms with E-state index in [9.17, 15) is 9.90 Å². The molecule has 1 N–H and O–H groups in total. The molecule has 24 heavy (non-hydrogen) atoms. The summed E-state index contributed by atoms with van der Waals surface area (Å²) in [5.74, 6) is -0.00180. The normalized spacial score (nSPS) is 22.3. The predicted molar refractivity (Wildman–Crippen MR) is 91.1 cm³/mol. The van der Waals surface area contributed by atoms with Gasteiger partial charge in [-0.25, -0.2) is 9.50 Å². The van der Waals surface area contributed by atoms with Gasteiger partial charge < -0.3 is 10.0 Å². The number of hydrogen-bond acceptors (Lipinski definition) is 5. The maximum atomic E-state index is 13.1. The van der Waals surface area contributed by atoms with Gasteiger partial charge in [0.2, 0.25) is 0 Å². The summed E-state index contributed by atoms with van der Waals surface area (Å²) in [6.07, 6.45) is 1.66. The van der Waals surface area contributed by atoms with E-state index in [1.54, 1.807) is 10.7 Å². The first-order valence-corrected chi connectivity index (χ1v) is 8.40. The number of aromatic nitrogens is 3. The van der Waals surface area contributed by atoms with Crippen molar-refractivity contribution in [1.82, 2.24) is 24.4 Å². The number of fused-ring (bicyclic) bond motifs is 1. The van der Waals surface area contributed by atoms with Gasteiger partial charge in [-0.3, -0.25) is 9.69 Å². The molecule has 0 bridgehead atoms. The number of aliphatic hydroxyl groups excluding tert-OH is 1. The first-order chi connectivity index (χ1) is 11.4. The van der Waals surface area contributed by atoms with E-state index in [-0.39, 0.29) is 24.6 Å². The molecule has 2 aromatic heterocycles. The molecule has 3 heterocycles. The third-order valence-corrected chi connectivity index (χ3v) is 4.84. The lowest BCUT2D eigenvalue weighted by Crippen LogP contribution is -2.58. The average Bonchev–Trinajstić information content (AvgIpc) is 2.92. The summed E-state index contributed by atoms with van der Waals surface area (Å²) in [5, 5.41) is 13.6. The van der Waals surface area contributed by atoms with Crippen LogP contribution in [0.4, 0.5) is 0 Å². The molecule has 1 amide bonds. The molecule has 0 radical (unpaired) electrons. The van der Waals surface area contributed by atoms with Gasteiger partial charge in [-0.1, -0.05) is 0 Å². The third kappa shape index (κ3) is 2.89. The van der Waals surface area contributed by atoms with E-state index in [4.69, 9.17) is 0 Å². The van der Waals surface area contributed by atoms with Gasteiger partial charge in [-0.2, -0.15) is 5.10 Å². The fraction of sp³-hybridized carbons (Fsp3) is 0.588. The Morgan fingerprint density at radius 2 is 2.04 bits per heavy atom. The van der Waals surface area contributed by atoms with Gasteiger partial charge in [-0.05, 0) is 27.7 Å². The number of piperazine rings is 1. The van der Waals surface area contributed by atoms with Gasteiger partial charge in [-0.15, -0.1) is 0 Å². The van der Waals surface area contributed by atoms with Crippen molar-refractivity contribution in [2.45, 2.75) is 39.8 Å². The van der Waals surface area contributed by atoms with Crippen LogP contribution in [0.5, 0.6) is 0 Å². The van der Waals surface area contributed by atoms with Crippen LogP contribution in [0.25, 0.3) is 5.65 Å². The fourth-order valence-electron chi connectivity index (χ4n) is 3.45. The van der Waals surface area contributed by atoms with Crippen LogP contribution < -0.4 is 0 Å². The Hall–Kier alpha value is -1.99. The van der Waals surface area contributed by atoms with Crippen molar-refractivity contribution in [2.75, 3.05) is 26.2 Å². The summed E-state index contributed by atoms with van der Waals surface area (Å²) in [6.45, 7) is 10.2. The molecule has 1 aliphatic rings. The standard InChI is InChI=1S/C17H25N5O2/c1-11-7-16-18-8-15(14(4)22(16)19-11)17(24)21-10-12(2)20(5-6-23)9-13(21)3/h7-8,12-13,23H,5-6,9-10H2,1-4H3/t12-,13-/m0/s1. The van der Waals surface area contributed by atoms with Gasteiger partial charge in [0, 0.05) is 44.0 Å². The SMILES string of the molecule is Cc1cc2ncc(C(=O)N3C[C@H](C)N(CCO)C[C@@H]3C)c(C)n2n1. The second-order valence-corrected chi connectivity index (χ2v) is 6.69. The Morgan fingerprint density at radius 1 is 1.29 bits per heavy atom. The van der Waals surface area contributed by atoms with E-state index < -0.39 is 0 Å². The quantitative estimate of drug-likeness (QED) is 0.903. The molecule has 2 atom stereocenters. The highest BCUT2D eigenvalue weighted by molar-refractivity contribution is 5.95.